The van der Waals surface area contributed by atoms with Gasteiger partial charge in [-0.1, -0.05) is 0 Å². The molecule has 5 nitrogen and oxygen atoms in total. The van der Waals surface area contributed by atoms with Crippen LogP contribution in [0, 0.1) is 0 Å². The number of hydrogen-bond donors (Lipinski definition) is 3. The Kier molecular flexibility index (Phi) is 1.05. The van der Waals surface area contributed by atoms with Crippen molar-refractivity contribution in [1.29, 1.82) is 0 Å². The first-order chi connectivity index (χ1) is 6.20. The number of aromatic hydroxyl groups is 2. The fourth-order valence-corrected chi connectivity index (χ4v) is 2.27. The summed E-state index contributed by atoms with van der Waals surface area (Å²) in [7, 11) is 0. The molecule has 0 amide bonds. The molecule has 5 heteroatoms. The number of hydrogen-bond acceptors (Lipinski definition) is 4. The molecule has 2 unspecified atom stereocenters. The smallest absolute Gasteiger partial charge is 0.235 e. The first-order valence-electron chi connectivity index (χ1n) is 4.21. The molecule has 0 saturated carbocycles. The van der Waals surface area contributed by atoms with Crippen LogP contribution in [-0.4, -0.2) is 20.2 Å². The predicted octanol–water partition coefficient (Wildman–Crippen LogP) is 1.04. The topological polar surface area (TPSA) is 74.9 Å². The lowest BCUT2D eigenvalue weighted by molar-refractivity contribution is 0.0595. The number of rotatable bonds is 0. The van der Waals surface area contributed by atoms with E-state index in [0.29, 0.717) is 15.9 Å². The maximum Gasteiger partial charge on any atom is 0.235 e. The van der Waals surface area contributed by atoms with Crippen LogP contribution < -0.4 is 0 Å². The molecule has 0 radical (unpaired) electrons. The Morgan fingerprint density at radius 1 is 1.08 bits per heavy atom. The Hall–Kier alpha value is -1.36. The minimum atomic E-state index is -0.292. The maximum atomic E-state index is 9.43. The monoisotopic (exact) mass is 183 g/mol. The van der Waals surface area contributed by atoms with Gasteiger partial charge in [-0.25, -0.2) is 0 Å². The van der Waals surface area contributed by atoms with E-state index in [1.165, 1.54) is 0 Å². The standard InChI is InChI=1S/C8H9NO4/c10-7-5-3-1-2-4(13-3)6(5)8(11)9(7)12/h3-4,10-12H,1-2H2. The highest BCUT2D eigenvalue weighted by Crippen LogP contribution is 2.57. The number of aromatic nitrogens is 1. The van der Waals surface area contributed by atoms with Crippen molar-refractivity contribution >= 4 is 0 Å². The Balaban J connectivity index is 2.31. The first-order valence-corrected chi connectivity index (χ1v) is 4.21. The SMILES string of the molecule is Oc1c2c(c(O)n1O)C1CCC2O1. The number of nitrogens with zero attached hydrogens (tertiary/aromatic N) is 1. The van der Waals surface area contributed by atoms with Crippen LogP contribution in [0.3, 0.4) is 0 Å². The number of ether oxygens (including phenoxy) is 1. The molecule has 3 heterocycles. The summed E-state index contributed by atoms with van der Waals surface area (Å²) in [6, 6.07) is 0. The summed E-state index contributed by atoms with van der Waals surface area (Å²) in [5.41, 5.74) is 1.10. The van der Waals surface area contributed by atoms with E-state index in [1.807, 2.05) is 0 Å². The van der Waals surface area contributed by atoms with E-state index >= 15 is 0 Å². The maximum absolute atomic E-state index is 9.43. The Labute approximate surface area is 73.7 Å². The van der Waals surface area contributed by atoms with Crippen molar-refractivity contribution in [1.82, 2.24) is 4.73 Å². The van der Waals surface area contributed by atoms with Gasteiger partial charge in [-0.15, -0.1) is 4.73 Å². The third-order valence-corrected chi connectivity index (χ3v) is 2.84. The van der Waals surface area contributed by atoms with E-state index in [4.69, 9.17) is 4.74 Å². The molecule has 0 aromatic carbocycles. The summed E-state index contributed by atoms with van der Waals surface area (Å²) in [5, 5.41) is 28.1. The van der Waals surface area contributed by atoms with Gasteiger partial charge in [-0.2, -0.15) is 0 Å². The molecule has 1 aromatic heterocycles. The van der Waals surface area contributed by atoms with Crippen LogP contribution in [0.2, 0.25) is 0 Å². The summed E-state index contributed by atoms with van der Waals surface area (Å²) in [6.07, 6.45) is 1.38. The van der Waals surface area contributed by atoms with Crippen molar-refractivity contribution in [3.05, 3.63) is 11.1 Å². The average molecular weight is 183 g/mol. The fraction of sp³-hybridized carbons (Fsp3) is 0.500. The van der Waals surface area contributed by atoms with Crippen molar-refractivity contribution in [3.63, 3.8) is 0 Å². The van der Waals surface area contributed by atoms with E-state index in [-0.39, 0.29) is 24.0 Å². The van der Waals surface area contributed by atoms with Crippen molar-refractivity contribution < 1.29 is 20.2 Å². The molecule has 2 bridgehead atoms. The largest absolute Gasteiger partial charge is 0.492 e. The van der Waals surface area contributed by atoms with Gasteiger partial charge in [-0.3, -0.25) is 0 Å². The van der Waals surface area contributed by atoms with Crippen LogP contribution in [0.5, 0.6) is 11.8 Å². The van der Waals surface area contributed by atoms with E-state index < -0.39 is 0 Å². The minimum Gasteiger partial charge on any atom is -0.492 e. The van der Waals surface area contributed by atoms with E-state index in [2.05, 4.69) is 0 Å². The van der Waals surface area contributed by atoms with Crippen molar-refractivity contribution in [3.8, 4) is 11.8 Å². The molecule has 1 saturated heterocycles. The second-order valence-electron chi connectivity index (χ2n) is 3.48. The molecule has 2 aliphatic rings. The molecule has 3 rings (SSSR count). The zero-order valence-corrected chi connectivity index (χ0v) is 6.77. The van der Waals surface area contributed by atoms with Gasteiger partial charge >= 0.3 is 0 Å². The number of fused-ring (bicyclic) bond motifs is 5. The van der Waals surface area contributed by atoms with Gasteiger partial charge in [0.1, 0.15) is 0 Å². The van der Waals surface area contributed by atoms with Gasteiger partial charge in [-0.05, 0) is 12.8 Å². The zero-order valence-electron chi connectivity index (χ0n) is 6.77. The summed E-state index contributed by atoms with van der Waals surface area (Å²) >= 11 is 0. The van der Waals surface area contributed by atoms with Gasteiger partial charge in [0.05, 0.1) is 23.3 Å². The third kappa shape index (κ3) is 0.625. The highest BCUT2D eigenvalue weighted by atomic mass is 16.5. The molecule has 70 valence electrons. The van der Waals surface area contributed by atoms with Crippen LogP contribution in [0.25, 0.3) is 0 Å². The lowest BCUT2D eigenvalue weighted by Crippen LogP contribution is -1.93. The second kappa shape index (κ2) is 1.93. The highest BCUT2D eigenvalue weighted by Gasteiger charge is 2.45. The summed E-state index contributed by atoms with van der Waals surface area (Å²) in [6.45, 7) is 0. The normalized spacial score (nSPS) is 29.5. The van der Waals surface area contributed by atoms with E-state index in [0.717, 1.165) is 12.8 Å². The average Bonchev–Trinajstić information content (AvgIpc) is 2.76. The van der Waals surface area contributed by atoms with E-state index in [1.54, 1.807) is 0 Å². The lowest BCUT2D eigenvalue weighted by Gasteiger charge is -2.04. The fourth-order valence-electron chi connectivity index (χ4n) is 2.27. The molecule has 2 aliphatic heterocycles. The molecule has 13 heavy (non-hydrogen) atoms. The molecule has 1 aromatic rings. The van der Waals surface area contributed by atoms with Crippen LogP contribution in [0.1, 0.15) is 36.2 Å². The molecule has 1 fully saturated rings. The van der Waals surface area contributed by atoms with Gasteiger partial charge in [0.2, 0.25) is 11.8 Å². The van der Waals surface area contributed by atoms with Gasteiger partial charge < -0.3 is 20.2 Å². The van der Waals surface area contributed by atoms with Crippen LogP contribution in [-0.2, 0) is 4.74 Å². The van der Waals surface area contributed by atoms with Crippen LogP contribution in [0.15, 0.2) is 0 Å². The zero-order chi connectivity index (χ0) is 9.16. The molecular weight excluding hydrogens is 174 g/mol. The third-order valence-electron chi connectivity index (χ3n) is 2.84. The molecule has 0 aliphatic carbocycles. The molecule has 3 N–H and O–H groups in total. The quantitative estimate of drug-likeness (QED) is 0.525. The van der Waals surface area contributed by atoms with Crippen LogP contribution >= 0.6 is 0 Å². The Morgan fingerprint density at radius 3 is 2.00 bits per heavy atom. The first kappa shape index (κ1) is 7.08. The summed E-state index contributed by atoms with van der Waals surface area (Å²) < 4.78 is 5.87. The van der Waals surface area contributed by atoms with Crippen molar-refractivity contribution in [2.75, 3.05) is 0 Å². The predicted molar refractivity (Wildman–Crippen MR) is 40.7 cm³/mol. The Bertz CT molecular complexity index is 350. The van der Waals surface area contributed by atoms with Crippen molar-refractivity contribution in [2.45, 2.75) is 25.0 Å². The molecule has 2 atom stereocenters. The van der Waals surface area contributed by atoms with Crippen molar-refractivity contribution in [2.24, 2.45) is 0 Å². The lowest BCUT2D eigenvalue weighted by atomic mass is 9.95. The van der Waals surface area contributed by atoms with Crippen LogP contribution in [0.4, 0.5) is 0 Å². The second-order valence-corrected chi connectivity index (χ2v) is 3.48. The minimum absolute atomic E-state index is 0.153. The van der Waals surface area contributed by atoms with Gasteiger partial charge in [0.15, 0.2) is 0 Å². The van der Waals surface area contributed by atoms with E-state index in [9.17, 15) is 15.4 Å². The summed E-state index contributed by atoms with van der Waals surface area (Å²) in [5.74, 6) is -0.584. The molecule has 0 spiro atoms. The highest BCUT2D eigenvalue weighted by molar-refractivity contribution is 5.51. The Morgan fingerprint density at radius 2 is 1.54 bits per heavy atom. The summed E-state index contributed by atoms with van der Waals surface area (Å²) in [4.78, 5) is 0. The van der Waals surface area contributed by atoms with Gasteiger partial charge in [0, 0.05) is 0 Å². The van der Waals surface area contributed by atoms with Gasteiger partial charge in [0.25, 0.3) is 0 Å². The molecular formula is C8H9NO4.